The molecule has 0 aliphatic heterocycles. The molecule has 4 N–H and O–H groups in total. The van der Waals surface area contributed by atoms with Crippen LogP contribution in [0.25, 0.3) is 0 Å². The maximum Gasteiger partial charge on any atom is 0.251 e. The molecule has 0 radical (unpaired) electrons. The number of amides is 1. The van der Waals surface area contributed by atoms with Gasteiger partial charge in [0, 0.05) is 28.9 Å². The third-order valence-electron chi connectivity index (χ3n) is 2.38. The summed E-state index contributed by atoms with van der Waals surface area (Å²) in [6.45, 7) is 0.825. The van der Waals surface area contributed by atoms with E-state index in [2.05, 4.69) is 21.2 Å². The predicted molar refractivity (Wildman–Crippen MR) is 71.8 cm³/mol. The van der Waals surface area contributed by atoms with Gasteiger partial charge in [0.1, 0.15) is 0 Å². The highest BCUT2D eigenvalue weighted by atomic mass is 79.9. The fourth-order valence-corrected chi connectivity index (χ4v) is 1.65. The van der Waals surface area contributed by atoms with Crippen LogP contribution in [0.3, 0.4) is 0 Å². The van der Waals surface area contributed by atoms with Crippen LogP contribution >= 0.6 is 15.9 Å². The van der Waals surface area contributed by atoms with Crippen molar-refractivity contribution < 1.29 is 9.90 Å². The summed E-state index contributed by atoms with van der Waals surface area (Å²) in [4.78, 5) is 11.7. The lowest BCUT2D eigenvalue weighted by molar-refractivity contribution is 0.0953. The molecule has 4 nitrogen and oxygen atoms in total. The number of hydrogen-bond donors (Lipinski definition) is 3. The fourth-order valence-electron chi connectivity index (χ4n) is 1.40. The molecule has 0 unspecified atom stereocenters. The van der Waals surface area contributed by atoms with E-state index in [1.807, 2.05) is 0 Å². The minimum absolute atomic E-state index is 0.117. The maximum atomic E-state index is 11.7. The molecule has 0 bridgehead atoms. The highest BCUT2D eigenvalue weighted by Gasteiger charge is 2.06. The van der Waals surface area contributed by atoms with Crippen LogP contribution in [0.5, 0.6) is 0 Å². The first-order chi connectivity index (χ1) is 8.15. The molecule has 17 heavy (non-hydrogen) atoms. The van der Waals surface area contributed by atoms with Crippen molar-refractivity contribution in [1.82, 2.24) is 5.32 Å². The zero-order chi connectivity index (χ0) is 12.7. The number of benzene rings is 1. The molecule has 0 spiro atoms. The second-order valence-corrected chi connectivity index (χ2v) is 4.63. The molecule has 1 amide bonds. The number of anilines is 1. The van der Waals surface area contributed by atoms with Gasteiger partial charge in [-0.2, -0.15) is 0 Å². The molecule has 0 aliphatic rings. The monoisotopic (exact) mass is 300 g/mol. The second kappa shape index (κ2) is 7.29. The first-order valence-corrected chi connectivity index (χ1v) is 6.38. The Morgan fingerprint density at radius 2 is 2.12 bits per heavy atom. The van der Waals surface area contributed by atoms with E-state index in [0.29, 0.717) is 17.8 Å². The van der Waals surface area contributed by atoms with E-state index in [0.717, 1.165) is 23.7 Å². The van der Waals surface area contributed by atoms with Crippen molar-refractivity contribution in [2.75, 3.05) is 18.9 Å². The molecule has 0 aliphatic carbocycles. The molecule has 94 valence electrons. The summed E-state index contributed by atoms with van der Waals surface area (Å²) >= 11 is 3.28. The Balaban J connectivity index is 2.39. The van der Waals surface area contributed by atoms with Crippen molar-refractivity contribution in [3.63, 3.8) is 0 Å². The summed E-state index contributed by atoms with van der Waals surface area (Å²) in [6, 6.07) is 5.13. The number of halogens is 1. The van der Waals surface area contributed by atoms with Gasteiger partial charge in [-0.25, -0.2) is 0 Å². The number of nitrogens with two attached hydrogens (primary N) is 1. The van der Waals surface area contributed by atoms with E-state index in [1.54, 1.807) is 18.2 Å². The summed E-state index contributed by atoms with van der Waals surface area (Å²) in [5.41, 5.74) is 6.81. The summed E-state index contributed by atoms with van der Waals surface area (Å²) in [5.74, 6) is -0.117. The lowest BCUT2D eigenvalue weighted by Gasteiger charge is -2.06. The molecule has 0 fully saturated rings. The average Bonchev–Trinajstić information content (AvgIpc) is 2.32. The van der Waals surface area contributed by atoms with Crippen LogP contribution < -0.4 is 11.1 Å². The number of nitrogens with one attached hydrogen (secondary N) is 1. The van der Waals surface area contributed by atoms with Gasteiger partial charge < -0.3 is 16.2 Å². The first-order valence-electron chi connectivity index (χ1n) is 5.59. The van der Waals surface area contributed by atoms with Gasteiger partial charge in [0.05, 0.1) is 0 Å². The number of aliphatic hydroxyl groups excluding tert-OH is 1. The maximum absolute atomic E-state index is 11.7. The molecular weight excluding hydrogens is 284 g/mol. The number of nitrogen functional groups attached to an aromatic ring is 1. The third-order valence-corrected chi connectivity index (χ3v) is 3.10. The van der Waals surface area contributed by atoms with Crippen LogP contribution in [0, 0.1) is 0 Å². The van der Waals surface area contributed by atoms with Crippen LogP contribution in [-0.4, -0.2) is 24.2 Å². The fraction of sp³-hybridized carbons (Fsp3) is 0.417. The smallest absolute Gasteiger partial charge is 0.251 e. The topological polar surface area (TPSA) is 75.4 Å². The minimum atomic E-state index is -0.117. The van der Waals surface area contributed by atoms with E-state index >= 15 is 0 Å². The third kappa shape index (κ3) is 4.75. The number of rotatable bonds is 6. The number of carbonyl (C=O) groups excluding carboxylic acids is 1. The van der Waals surface area contributed by atoms with Gasteiger partial charge in [0.15, 0.2) is 0 Å². The van der Waals surface area contributed by atoms with Crippen LogP contribution in [-0.2, 0) is 0 Å². The van der Waals surface area contributed by atoms with Crippen molar-refractivity contribution in [3.8, 4) is 0 Å². The zero-order valence-corrected chi connectivity index (χ0v) is 11.2. The quantitative estimate of drug-likeness (QED) is 0.555. The molecule has 0 aromatic heterocycles. The van der Waals surface area contributed by atoms with Gasteiger partial charge in [-0.15, -0.1) is 0 Å². The molecule has 0 saturated heterocycles. The number of aliphatic hydroxyl groups is 1. The molecule has 0 saturated carbocycles. The van der Waals surface area contributed by atoms with Gasteiger partial charge in [-0.05, 0) is 53.4 Å². The van der Waals surface area contributed by atoms with Crippen LogP contribution in [0.2, 0.25) is 0 Å². The summed E-state index contributed by atoms with van der Waals surface area (Å²) in [6.07, 6.45) is 2.57. The lowest BCUT2D eigenvalue weighted by Crippen LogP contribution is -2.24. The summed E-state index contributed by atoms with van der Waals surface area (Å²) in [7, 11) is 0. The van der Waals surface area contributed by atoms with Crippen LogP contribution in [0.15, 0.2) is 22.7 Å². The highest BCUT2D eigenvalue weighted by Crippen LogP contribution is 2.20. The molecule has 5 heteroatoms. The number of carbonyl (C=O) groups is 1. The average molecular weight is 301 g/mol. The Hall–Kier alpha value is -1.07. The van der Waals surface area contributed by atoms with E-state index in [4.69, 9.17) is 10.8 Å². The van der Waals surface area contributed by atoms with Crippen LogP contribution in [0.1, 0.15) is 29.6 Å². The Morgan fingerprint density at radius 3 is 2.76 bits per heavy atom. The summed E-state index contributed by atoms with van der Waals surface area (Å²) < 4.78 is 0.789. The largest absolute Gasteiger partial charge is 0.398 e. The van der Waals surface area contributed by atoms with Gasteiger partial charge in [0.25, 0.3) is 5.91 Å². The SMILES string of the molecule is Nc1cc(C(=O)NCCCCCO)ccc1Br. The van der Waals surface area contributed by atoms with E-state index in [-0.39, 0.29) is 12.5 Å². The molecule has 0 heterocycles. The first kappa shape index (κ1) is 14.0. The van der Waals surface area contributed by atoms with Crippen molar-refractivity contribution in [2.45, 2.75) is 19.3 Å². The summed E-state index contributed by atoms with van der Waals surface area (Å²) in [5, 5.41) is 11.4. The molecule has 1 rings (SSSR count). The van der Waals surface area contributed by atoms with Crippen molar-refractivity contribution >= 4 is 27.5 Å². The Kier molecular flexibility index (Phi) is 6.00. The normalized spacial score (nSPS) is 10.2. The van der Waals surface area contributed by atoms with Gasteiger partial charge >= 0.3 is 0 Å². The molecule has 1 aromatic carbocycles. The van der Waals surface area contributed by atoms with Gasteiger partial charge in [-0.3, -0.25) is 4.79 Å². The van der Waals surface area contributed by atoms with E-state index < -0.39 is 0 Å². The Morgan fingerprint density at radius 1 is 1.35 bits per heavy atom. The van der Waals surface area contributed by atoms with Crippen molar-refractivity contribution in [3.05, 3.63) is 28.2 Å². The van der Waals surface area contributed by atoms with E-state index in [1.165, 1.54) is 0 Å². The van der Waals surface area contributed by atoms with E-state index in [9.17, 15) is 4.79 Å². The molecular formula is C12H17BrN2O2. The predicted octanol–water partition coefficient (Wildman–Crippen LogP) is 1.92. The number of unbranched alkanes of at least 4 members (excludes halogenated alkanes) is 2. The number of hydrogen-bond acceptors (Lipinski definition) is 3. The molecule has 1 aromatic rings. The lowest BCUT2D eigenvalue weighted by atomic mass is 10.2. The Labute approximate surface area is 109 Å². The second-order valence-electron chi connectivity index (χ2n) is 3.78. The Bertz CT molecular complexity index is 383. The van der Waals surface area contributed by atoms with Crippen molar-refractivity contribution in [2.24, 2.45) is 0 Å². The van der Waals surface area contributed by atoms with Gasteiger partial charge in [0.2, 0.25) is 0 Å². The van der Waals surface area contributed by atoms with Gasteiger partial charge in [-0.1, -0.05) is 0 Å². The van der Waals surface area contributed by atoms with Crippen LogP contribution in [0.4, 0.5) is 5.69 Å². The molecule has 0 atom stereocenters. The minimum Gasteiger partial charge on any atom is -0.398 e. The highest BCUT2D eigenvalue weighted by molar-refractivity contribution is 9.10. The van der Waals surface area contributed by atoms with Crippen molar-refractivity contribution in [1.29, 1.82) is 0 Å². The zero-order valence-electron chi connectivity index (χ0n) is 9.58. The standard InChI is InChI=1S/C12H17BrN2O2/c13-10-5-4-9(8-11(10)14)12(17)15-6-2-1-3-7-16/h4-5,8,16H,1-3,6-7,14H2,(H,15,17).